The molecule has 4 rings (SSSR count). The molecule has 0 radical (unpaired) electrons. The third kappa shape index (κ3) is 1.48. The smallest absolute Gasteiger partial charge is 0.0607 e. The Kier molecular flexibility index (Phi) is 2.18. The minimum atomic E-state index is 1.25. The summed E-state index contributed by atoms with van der Waals surface area (Å²) in [5.74, 6) is 0. The summed E-state index contributed by atoms with van der Waals surface area (Å²) in [6.45, 7) is 0. The summed E-state index contributed by atoms with van der Waals surface area (Å²) in [6, 6.07) is 25.5. The highest BCUT2D eigenvalue weighted by Crippen LogP contribution is 2.33. The van der Waals surface area contributed by atoms with Gasteiger partial charge in [0.2, 0.25) is 0 Å². The van der Waals surface area contributed by atoms with Gasteiger partial charge in [0.05, 0.1) is 11.2 Å². The molecule has 0 unspecified atom stereocenters. The van der Waals surface area contributed by atoms with Crippen molar-refractivity contribution in [1.82, 2.24) is 4.40 Å². The van der Waals surface area contributed by atoms with E-state index in [0.29, 0.717) is 0 Å². The lowest BCUT2D eigenvalue weighted by Gasteiger charge is -2.03. The van der Waals surface area contributed by atoms with Crippen LogP contribution in [0, 0.1) is 0 Å². The van der Waals surface area contributed by atoms with E-state index < -0.39 is 0 Å². The monoisotopic (exact) mass is 243 g/mol. The van der Waals surface area contributed by atoms with E-state index in [-0.39, 0.29) is 0 Å². The molecule has 0 N–H and O–H groups in total. The van der Waals surface area contributed by atoms with Crippen molar-refractivity contribution in [3.63, 3.8) is 0 Å². The van der Waals surface area contributed by atoms with Gasteiger partial charge in [0.25, 0.3) is 0 Å². The van der Waals surface area contributed by atoms with E-state index in [0.717, 1.165) is 0 Å². The molecule has 19 heavy (non-hydrogen) atoms. The highest BCUT2D eigenvalue weighted by molar-refractivity contribution is 6.06. The maximum atomic E-state index is 2.28. The van der Waals surface area contributed by atoms with Crippen LogP contribution in [0.5, 0.6) is 0 Å². The Morgan fingerprint density at radius 2 is 1.26 bits per heavy atom. The standard InChI is InChI=1S/C18H13N/c1-2-8-14(9-3-1)18-16-11-5-4-10-15(16)17-12-6-7-13-19(17)18/h1-13H. The van der Waals surface area contributed by atoms with E-state index in [2.05, 4.69) is 83.4 Å². The third-order valence-corrected chi connectivity index (χ3v) is 3.61. The number of pyridine rings is 1. The normalized spacial score (nSPS) is 11.2. The average Bonchev–Trinajstić information content (AvgIpc) is 2.83. The fourth-order valence-electron chi connectivity index (χ4n) is 2.79. The molecule has 0 saturated carbocycles. The molecule has 90 valence electrons. The van der Waals surface area contributed by atoms with Crippen LogP contribution in [0.1, 0.15) is 0 Å². The SMILES string of the molecule is c1ccc(-c2c3ccccc3c3ccccn23)cc1. The van der Waals surface area contributed by atoms with E-state index in [4.69, 9.17) is 0 Å². The summed E-state index contributed by atoms with van der Waals surface area (Å²) in [5, 5.41) is 2.61. The molecule has 0 bridgehead atoms. The van der Waals surface area contributed by atoms with Crippen LogP contribution in [0.15, 0.2) is 79.0 Å². The Morgan fingerprint density at radius 3 is 2.11 bits per heavy atom. The molecule has 4 aromatic rings. The van der Waals surface area contributed by atoms with Crippen molar-refractivity contribution in [3.05, 3.63) is 79.0 Å². The van der Waals surface area contributed by atoms with Crippen molar-refractivity contribution < 1.29 is 0 Å². The predicted molar refractivity (Wildman–Crippen MR) is 80.3 cm³/mol. The zero-order valence-corrected chi connectivity index (χ0v) is 10.5. The number of benzene rings is 2. The quantitative estimate of drug-likeness (QED) is 0.454. The Bertz CT molecular complexity index is 803. The molecule has 1 heteroatoms. The first-order valence-corrected chi connectivity index (χ1v) is 6.48. The van der Waals surface area contributed by atoms with E-state index in [1.54, 1.807) is 0 Å². The van der Waals surface area contributed by atoms with Gasteiger partial charge in [-0.2, -0.15) is 0 Å². The Labute approximate surface area is 111 Å². The first-order chi connectivity index (χ1) is 9.45. The number of hydrogen-bond acceptors (Lipinski definition) is 0. The van der Waals surface area contributed by atoms with Gasteiger partial charge in [-0.3, -0.25) is 0 Å². The average molecular weight is 243 g/mol. The van der Waals surface area contributed by atoms with Crippen LogP contribution in [-0.4, -0.2) is 4.40 Å². The van der Waals surface area contributed by atoms with Crippen LogP contribution in [-0.2, 0) is 0 Å². The molecule has 0 saturated heterocycles. The maximum Gasteiger partial charge on any atom is 0.0607 e. The molecule has 2 aromatic heterocycles. The lowest BCUT2D eigenvalue weighted by molar-refractivity contribution is 1.21. The lowest BCUT2D eigenvalue weighted by atomic mass is 10.1. The highest BCUT2D eigenvalue weighted by atomic mass is 14.9. The summed E-state index contributed by atoms with van der Waals surface area (Å²) in [7, 11) is 0. The molecule has 1 nitrogen and oxygen atoms in total. The van der Waals surface area contributed by atoms with Gasteiger partial charge in [-0.15, -0.1) is 0 Å². The van der Waals surface area contributed by atoms with Crippen molar-refractivity contribution in [2.45, 2.75) is 0 Å². The van der Waals surface area contributed by atoms with Crippen molar-refractivity contribution >= 4 is 16.3 Å². The minimum absolute atomic E-state index is 1.25. The van der Waals surface area contributed by atoms with Gasteiger partial charge in [0.15, 0.2) is 0 Å². The molecule has 2 aromatic carbocycles. The number of hydrogen-bond donors (Lipinski definition) is 0. The number of rotatable bonds is 1. The minimum Gasteiger partial charge on any atom is -0.315 e. The summed E-state index contributed by atoms with van der Waals surface area (Å²) < 4.78 is 2.28. The van der Waals surface area contributed by atoms with Gasteiger partial charge in [0.1, 0.15) is 0 Å². The summed E-state index contributed by atoms with van der Waals surface area (Å²) >= 11 is 0. The lowest BCUT2D eigenvalue weighted by Crippen LogP contribution is -1.86. The molecule has 2 heterocycles. The van der Waals surface area contributed by atoms with Crippen molar-refractivity contribution in [2.24, 2.45) is 0 Å². The third-order valence-electron chi connectivity index (χ3n) is 3.61. The van der Waals surface area contributed by atoms with E-state index in [1.807, 2.05) is 0 Å². The van der Waals surface area contributed by atoms with Gasteiger partial charge in [0, 0.05) is 17.0 Å². The molecule has 0 aliphatic rings. The van der Waals surface area contributed by atoms with Gasteiger partial charge < -0.3 is 4.40 Å². The van der Waals surface area contributed by atoms with E-state index in [1.165, 1.54) is 27.5 Å². The molecule has 0 aliphatic heterocycles. The molecule has 0 fully saturated rings. The second kappa shape index (κ2) is 3.99. The van der Waals surface area contributed by atoms with Gasteiger partial charge in [-0.1, -0.05) is 60.7 Å². The maximum absolute atomic E-state index is 2.28. The van der Waals surface area contributed by atoms with Gasteiger partial charge >= 0.3 is 0 Å². The Morgan fingerprint density at radius 1 is 0.579 bits per heavy atom. The van der Waals surface area contributed by atoms with Crippen LogP contribution < -0.4 is 0 Å². The molecule has 0 amide bonds. The number of fused-ring (bicyclic) bond motifs is 3. The predicted octanol–water partition coefficient (Wildman–Crippen LogP) is 4.76. The van der Waals surface area contributed by atoms with Crippen LogP contribution in [0.2, 0.25) is 0 Å². The fourth-order valence-corrected chi connectivity index (χ4v) is 2.79. The van der Waals surface area contributed by atoms with Gasteiger partial charge in [-0.25, -0.2) is 0 Å². The molecule has 0 aliphatic carbocycles. The van der Waals surface area contributed by atoms with Crippen molar-refractivity contribution in [1.29, 1.82) is 0 Å². The molecule has 0 spiro atoms. The van der Waals surface area contributed by atoms with E-state index >= 15 is 0 Å². The van der Waals surface area contributed by atoms with Crippen LogP contribution in [0.25, 0.3) is 27.5 Å². The van der Waals surface area contributed by atoms with Crippen molar-refractivity contribution in [2.75, 3.05) is 0 Å². The topological polar surface area (TPSA) is 4.41 Å². The first kappa shape index (κ1) is 10.4. The Balaban J connectivity index is 2.24. The summed E-state index contributed by atoms with van der Waals surface area (Å²) in [5.41, 5.74) is 3.79. The molecular weight excluding hydrogens is 230 g/mol. The largest absolute Gasteiger partial charge is 0.315 e. The van der Waals surface area contributed by atoms with Crippen LogP contribution in [0.4, 0.5) is 0 Å². The second-order valence-electron chi connectivity index (χ2n) is 4.72. The number of aromatic nitrogens is 1. The van der Waals surface area contributed by atoms with Gasteiger partial charge in [-0.05, 0) is 17.7 Å². The highest BCUT2D eigenvalue weighted by Gasteiger charge is 2.11. The fraction of sp³-hybridized carbons (Fsp3) is 0. The summed E-state index contributed by atoms with van der Waals surface area (Å²) in [6.07, 6.45) is 2.14. The zero-order chi connectivity index (χ0) is 12.7. The summed E-state index contributed by atoms with van der Waals surface area (Å²) in [4.78, 5) is 0. The van der Waals surface area contributed by atoms with Crippen molar-refractivity contribution in [3.8, 4) is 11.3 Å². The zero-order valence-electron chi connectivity index (χ0n) is 10.5. The Hall–Kier alpha value is -2.54. The molecule has 0 atom stereocenters. The van der Waals surface area contributed by atoms with E-state index in [9.17, 15) is 0 Å². The van der Waals surface area contributed by atoms with Crippen LogP contribution in [0.3, 0.4) is 0 Å². The first-order valence-electron chi connectivity index (χ1n) is 6.48. The molecular formula is C18H13N. The second-order valence-corrected chi connectivity index (χ2v) is 4.72. The van der Waals surface area contributed by atoms with Crippen LogP contribution >= 0.6 is 0 Å². The number of nitrogens with zero attached hydrogens (tertiary/aromatic N) is 1.